The Morgan fingerprint density at radius 1 is 0.391 bits per heavy atom. The number of carbonyl (C=O) groups is 2. The summed E-state index contributed by atoms with van der Waals surface area (Å²) in [6.45, 7) is 13.7. The first-order chi connectivity index (χ1) is 22.1. The number of hydrogen-bond acceptors (Lipinski definition) is 2. The summed E-state index contributed by atoms with van der Waals surface area (Å²) in [5, 5.41) is 21.3. The maximum atomic E-state index is 14.1. The van der Waals surface area contributed by atoms with Crippen molar-refractivity contribution in [3.05, 3.63) is 0 Å². The van der Waals surface area contributed by atoms with Crippen LogP contribution in [0.4, 0.5) is 0 Å². The van der Waals surface area contributed by atoms with Crippen LogP contribution in [-0.2, 0) is 9.59 Å². The maximum absolute atomic E-state index is 14.1. The zero-order chi connectivity index (χ0) is 34.6. The Morgan fingerprint density at radius 3 is 0.891 bits per heavy atom. The lowest BCUT2D eigenvalue weighted by molar-refractivity contribution is -0.182. The second-order valence-electron chi connectivity index (χ2n) is 15.7. The summed E-state index contributed by atoms with van der Waals surface area (Å²) in [5.41, 5.74) is -1.63. The van der Waals surface area contributed by atoms with Gasteiger partial charge in [0.2, 0.25) is 0 Å². The summed E-state index contributed by atoms with van der Waals surface area (Å²) in [4.78, 5) is 25.9. The van der Waals surface area contributed by atoms with Crippen LogP contribution in [0.2, 0.25) is 0 Å². The number of hydrogen-bond donors (Lipinski definition) is 2. The van der Waals surface area contributed by atoms with Crippen LogP contribution in [0.1, 0.15) is 241 Å². The van der Waals surface area contributed by atoms with Gasteiger partial charge in [-0.2, -0.15) is 0 Å². The average molecular weight is 651 g/mol. The standard InChI is InChI=1S/C42H82O4/c1-7-11-15-19-21-25-29-35-40(5,33-27-23-17-13-9-3)42(39(45)46,37-31-32-38(43)44)41(6,34-28-24-18-14-10-4)36-30-26-22-20-16-12-8-2/h7-37H2,1-6H3,(H,43,44)(H,45,46). The van der Waals surface area contributed by atoms with Gasteiger partial charge in [-0.25, -0.2) is 0 Å². The minimum atomic E-state index is -0.921. The molecule has 46 heavy (non-hydrogen) atoms. The molecule has 0 bridgehead atoms. The summed E-state index contributed by atoms with van der Waals surface area (Å²) in [5.74, 6) is -1.45. The Hall–Kier alpha value is -1.06. The number of carboxylic acids is 2. The minimum Gasteiger partial charge on any atom is -0.481 e. The van der Waals surface area contributed by atoms with E-state index in [1.165, 1.54) is 116 Å². The largest absolute Gasteiger partial charge is 0.481 e. The molecule has 0 aromatic carbocycles. The summed E-state index contributed by atoms with van der Waals surface area (Å²) in [6.07, 6.45) is 33.8. The summed E-state index contributed by atoms with van der Waals surface area (Å²) < 4.78 is 0. The molecule has 2 unspecified atom stereocenters. The van der Waals surface area contributed by atoms with E-state index in [-0.39, 0.29) is 17.3 Å². The summed E-state index contributed by atoms with van der Waals surface area (Å²) in [6, 6.07) is 0. The number of rotatable bonds is 35. The predicted molar refractivity (Wildman–Crippen MR) is 200 cm³/mol. The van der Waals surface area contributed by atoms with Crippen molar-refractivity contribution < 1.29 is 19.8 Å². The molecule has 0 rings (SSSR count). The molecule has 4 nitrogen and oxygen atoms in total. The van der Waals surface area contributed by atoms with E-state index >= 15 is 0 Å². The third-order valence-electron chi connectivity index (χ3n) is 11.7. The van der Waals surface area contributed by atoms with Crippen molar-refractivity contribution in [3.8, 4) is 0 Å². The number of aliphatic carboxylic acids is 2. The lowest BCUT2D eigenvalue weighted by atomic mass is 9.45. The fourth-order valence-electron chi connectivity index (χ4n) is 8.75. The molecule has 274 valence electrons. The Morgan fingerprint density at radius 2 is 0.652 bits per heavy atom. The molecule has 0 amide bonds. The Labute approximate surface area is 288 Å². The summed E-state index contributed by atoms with van der Waals surface area (Å²) >= 11 is 0. The number of carboxylic acid groups (broad SMARTS) is 2. The molecule has 4 heteroatoms. The molecular formula is C42H82O4. The van der Waals surface area contributed by atoms with E-state index < -0.39 is 17.4 Å². The first-order valence-corrected chi connectivity index (χ1v) is 20.6. The smallest absolute Gasteiger partial charge is 0.310 e. The molecule has 0 saturated heterocycles. The van der Waals surface area contributed by atoms with Gasteiger partial charge in [0.25, 0.3) is 0 Å². The fourth-order valence-corrected chi connectivity index (χ4v) is 8.75. The van der Waals surface area contributed by atoms with Crippen LogP contribution in [0.15, 0.2) is 0 Å². The van der Waals surface area contributed by atoms with Crippen LogP contribution >= 0.6 is 0 Å². The van der Waals surface area contributed by atoms with Crippen LogP contribution < -0.4 is 0 Å². The van der Waals surface area contributed by atoms with Gasteiger partial charge < -0.3 is 10.2 Å². The van der Waals surface area contributed by atoms with E-state index in [1.807, 2.05) is 0 Å². The molecule has 0 aromatic rings. The third kappa shape index (κ3) is 17.4. The van der Waals surface area contributed by atoms with Crippen molar-refractivity contribution in [3.63, 3.8) is 0 Å². The van der Waals surface area contributed by atoms with Gasteiger partial charge >= 0.3 is 11.9 Å². The average Bonchev–Trinajstić information content (AvgIpc) is 3.01. The normalized spacial score (nSPS) is 15.7. The van der Waals surface area contributed by atoms with Crippen LogP contribution in [0.25, 0.3) is 0 Å². The molecule has 0 fully saturated rings. The van der Waals surface area contributed by atoms with Gasteiger partial charge in [-0.15, -0.1) is 0 Å². The van der Waals surface area contributed by atoms with Gasteiger partial charge in [0.05, 0.1) is 5.41 Å². The van der Waals surface area contributed by atoms with Gasteiger partial charge in [0.15, 0.2) is 0 Å². The van der Waals surface area contributed by atoms with E-state index in [0.717, 1.165) is 64.2 Å². The first-order valence-electron chi connectivity index (χ1n) is 20.6. The van der Waals surface area contributed by atoms with Gasteiger partial charge in [-0.3, -0.25) is 9.59 Å². The highest BCUT2D eigenvalue weighted by molar-refractivity contribution is 5.77. The zero-order valence-electron chi connectivity index (χ0n) is 32.1. The highest BCUT2D eigenvalue weighted by atomic mass is 16.4. The fraction of sp³-hybridized carbons (Fsp3) is 0.952. The molecule has 2 N–H and O–H groups in total. The lowest BCUT2D eigenvalue weighted by Gasteiger charge is -2.57. The quantitative estimate of drug-likeness (QED) is 0.0669. The molecule has 0 heterocycles. The van der Waals surface area contributed by atoms with E-state index in [4.69, 9.17) is 0 Å². The Kier molecular flexibility index (Phi) is 27.2. The molecular weight excluding hydrogens is 568 g/mol. The van der Waals surface area contributed by atoms with Crippen molar-refractivity contribution in [1.29, 1.82) is 0 Å². The Bertz CT molecular complexity index is 691. The third-order valence-corrected chi connectivity index (χ3v) is 11.7. The zero-order valence-corrected chi connectivity index (χ0v) is 32.1. The first kappa shape index (κ1) is 44.9. The SMILES string of the molecule is CCCCCCCCCC(C)(CCCCCCC)C(CCCC(=O)O)(C(=O)O)C(C)(CCCCCCC)CCCCCCCCC. The van der Waals surface area contributed by atoms with E-state index in [1.54, 1.807) is 0 Å². The Balaban J connectivity index is 6.54. The van der Waals surface area contributed by atoms with E-state index in [2.05, 4.69) is 41.5 Å². The monoisotopic (exact) mass is 651 g/mol. The van der Waals surface area contributed by atoms with Crippen molar-refractivity contribution in [2.75, 3.05) is 0 Å². The number of unbranched alkanes of at least 4 members (excludes halogenated alkanes) is 20. The highest BCUT2D eigenvalue weighted by Crippen LogP contribution is 2.63. The molecule has 0 radical (unpaired) electrons. The van der Waals surface area contributed by atoms with Gasteiger partial charge in [-0.05, 0) is 49.4 Å². The lowest BCUT2D eigenvalue weighted by Crippen LogP contribution is -2.57. The molecule has 0 spiro atoms. The predicted octanol–water partition coefficient (Wildman–Crippen LogP) is 14.3. The molecule has 0 saturated carbocycles. The van der Waals surface area contributed by atoms with Gasteiger partial charge in [0, 0.05) is 6.42 Å². The van der Waals surface area contributed by atoms with Gasteiger partial charge in [-0.1, -0.05) is 196 Å². The van der Waals surface area contributed by atoms with Crippen molar-refractivity contribution in [2.24, 2.45) is 16.2 Å². The van der Waals surface area contributed by atoms with Crippen LogP contribution in [0.5, 0.6) is 0 Å². The molecule has 0 aliphatic rings. The summed E-state index contributed by atoms with van der Waals surface area (Å²) in [7, 11) is 0. The van der Waals surface area contributed by atoms with Crippen molar-refractivity contribution in [1.82, 2.24) is 0 Å². The minimum absolute atomic E-state index is 0.0586. The molecule has 2 atom stereocenters. The van der Waals surface area contributed by atoms with E-state index in [0.29, 0.717) is 12.8 Å². The van der Waals surface area contributed by atoms with E-state index in [9.17, 15) is 19.8 Å². The van der Waals surface area contributed by atoms with Gasteiger partial charge in [0.1, 0.15) is 0 Å². The topological polar surface area (TPSA) is 74.6 Å². The van der Waals surface area contributed by atoms with Crippen molar-refractivity contribution in [2.45, 2.75) is 241 Å². The van der Waals surface area contributed by atoms with Crippen LogP contribution in [0, 0.1) is 16.2 Å². The second-order valence-corrected chi connectivity index (χ2v) is 15.7. The molecule has 0 aliphatic carbocycles. The maximum Gasteiger partial charge on any atom is 0.310 e. The molecule has 0 aliphatic heterocycles. The van der Waals surface area contributed by atoms with Crippen LogP contribution in [0.3, 0.4) is 0 Å². The highest BCUT2D eigenvalue weighted by Gasteiger charge is 2.61. The molecule has 0 aromatic heterocycles. The van der Waals surface area contributed by atoms with Crippen LogP contribution in [-0.4, -0.2) is 22.2 Å². The van der Waals surface area contributed by atoms with Crippen molar-refractivity contribution >= 4 is 11.9 Å². The second kappa shape index (κ2) is 27.8.